The number of carbonyl (C=O) groups excluding carboxylic acids is 1. The number of thioether (sulfide) groups is 1. The Balaban J connectivity index is 4.27. The van der Waals surface area contributed by atoms with Crippen LogP contribution in [0.25, 0.3) is 0 Å². The lowest BCUT2D eigenvalue weighted by Gasteiger charge is -2.29. The third-order valence-corrected chi connectivity index (χ3v) is 5.04. The third kappa shape index (κ3) is 7.23. The first-order valence-electron chi connectivity index (χ1n) is 5.95. The monoisotopic (exact) mass is 296 g/mol. The van der Waals surface area contributed by atoms with E-state index in [0.29, 0.717) is 18.7 Å². The second kappa shape index (κ2) is 7.35. The summed E-state index contributed by atoms with van der Waals surface area (Å²) in [4.78, 5) is 11.4. The number of nitrogens with two attached hydrogens (primary N) is 1. The minimum atomic E-state index is -2.92. The van der Waals surface area contributed by atoms with E-state index in [4.69, 9.17) is 5.73 Å². The average Bonchev–Trinajstić information content (AvgIpc) is 2.15. The summed E-state index contributed by atoms with van der Waals surface area (Å²) in [6.07, 6.45) is 1.81. The summed E-state index contributed by atoms with van der Waals surface area (Å²) in [6, 6.07) is 0. The highest BCUT2D eigenvalue weighted by atomic mass is 32.2. The van der Waals surface area contributed by atoms with Gasteiger partial charge in [-0.15, -0.1) is 0 Å². The molecule has 3 N–H and O–H groups in total. The van der Waals surface area contributed by atoms with Crippen LogP contribution in [0, 0.1) is 0 Å². The van der Waals surface area contributed by atoms with Gasteiger partial charge in [-0.25, -0.2) is 8.42 Å². The van der Waals surface area contributed by atoms with Crippen LogP contribution < -0.4 is 11.1 Å². The SMILES string of the molecule is CCNC(C)(CC(C)SCCS(C)(=O)=O)C(N)=O. The van der Waals surface area contributed by atoms with E-state index in [1.807, 2.05) is 13.8 Å². The summed E-state index contributed by atoms with van der Waals surface area (Å²) in [5, 5.41) is 3.26. The van der Waals surface area contributed by atoms with Crippen LogP contribution in [0.3, 0.4) is 0 Å². The second-order valence-electron chi connectivity index (χ2n) is 4.74. The number of primary amides is 1. The molecule has 0 saturated heterocycles. The summed E-state index contributed by atoms with van der Waals surface area (Å²) in [5.41, 5.74) is 4.67. The fraction of sp³-hybridized carbons (Fsp3) is 0.909. The molecule has 0 aromatic rings. The molecule has 0 aromatic carbocycles. The summed E-state index contributed by atoms with van der Waals surface area (Å²) < 4.78 is 22.0. The Labute approximate surface area is 114 Å². The summed E-state index contributed by atoms with van der Waals surface area (Å²) in [5.74, 6) is 0.331. The Morgan fingerprint density at radius 2 is 2.06 bits per heavy atom. The largest absolute Gasteiger partial charge is 0.368 e. The van der Waals surface area contributed by atoms with Crippen molar-refractivity contribution in [2.45, 2.75) is 38.0 Å². The molecular formula is C11H24N2O3S2. The molecule has 0 radical (unpaired) electrons. The van der Waals surface area contributed by atoms with Crippen LogP contribution in [0.15, 0.2) is 0 Å². The van der Waals surface area contributed by atoms with Crippen molar-refractivity contribution >= 4 is 27.5 Å². The van der Waals surface area contributed by atoms with Gasteiger partial charge in [0.15, 0.2) is 0 Å². The lowest BCUT2D eigenvalue weighted by Crippen LogP contribution is -2.54. The molecule has 0 aliphatic rings. The van der Waals surface area contributed by atoms with Crippen molar-refractivity contribution in [3.63, 3.8) is 0 Å². The van der Waals surface area contributed by atoms with Crippen molar-refractivity contribution in [1.82, 2.24) is 5.32 Å². The molecule has 0 aliphatic carbocycles. The van der Waals surface area contributed by atoms with Crippen LogP contribution >= 0.6 is 11.8 Å². The average molecular weight is 296 g/mol. The fourth-order valence-corrected chi connectivity index (χ4v) is 4.13. The van der Waals surface area contributed by atoms with Crippen LogP contribution in [0.2, 0.25) is 0 Å². The van der Waals surface area contributed by atoms with Crippen molar-refractivity contribution in [3.8, 4) is 0 Å². The van der Waals surface area contributed by atoms with Crippen molar-refractivity contribution in [2.75, 3.05) is 24.3 Å². The zero-order valence-electron chi connectivity index (χ0n) is 11.5. The van der Waals surface area contributed by atoms with E-state index in [1.165, 1.54) is 6.26 Å². The van der Waals surface area contributed by atoms with Crippen LogP contribution in [0.1, 0.15) is 27.2 Å². The highest BCUT2D eigenvalue weighted by Gasteiger charge is 2.31. The number of amides is 1. The molecule has 2 unspecified atom stereocenters. The van der Waals surface area contributed by atoms with Gasteiger partial charge in [-0.2, -0.15) is 11.8 Å². The third-order valence-electron chi connectivity index (χ3n) is 2.66. The van der Waals surface area contributed by atoms with Crippen molar-refractivity contribution in [3.05, 3.63) is 0 Å². The molecule has 0 spiro atoms. The molecule has 0 rings (SSSR count). The fourth-order valence-electron chi connectivity index (χ4n) is 1.68. The molecule has 18 heavy (non-hydrogen) atoms. The highest BCUT2D eigenvalue weighted by molar-refractivity contribution is 8.01. The van der Waals surface area contributed by atoms with Crippen molar-refractivity contribution in [1.29, 1.82) is 0 Å². The minimum absolute atomic E-state index is 0.163. The Morgan fingerprint density at radius 3 is 2.44 bits per heavy atom. The van der Waals surface area contributed by atoms with E-state index < -0.39 is 15.4 Å². The zero-order valence-corrected chi connectivity index (χ0v) is 13.2. The maximum Gasteiger partial charge on any atom is 0.237 e. The number of carbonyl (C=O) groups is 1. The smallest absolute Gasteiger partial charge is 0.237 e. The quantitative estimate of drug-likeness (QED) is 0.643. The van der Waals surface area contributed by atoms with E-state index >= 15 is 0 Å². The first kappa shape index (κ1) is 17.7. The topological polar surface area (TPSA) is 89.3 Å². The second-order valence-corrected chi connectivity index (χ2v) is 8.55. The first-order chi connectivity index (χ1) is 8.10. The Bertz CT molecular complexity index is 370. The van der Waals surface area contributed by atoms with Gasteiger partial charge in [0.05, 0.1) is 11.3 Å². The molecule has 5 nitrogen and oxygen atoms in total. The summed E-state index contributed by atoms with van der Waals surface area (Å²) >= 11 is 1.55. The van der Waals surface area contributed by atoms with E-state index in [0.717, 1.165) is 0 Å². The number of likely N-dealkylation sites (N-methyl/N-ethyl adjacent to an activating group) is 1. The van der Waals surface area contributed by atoms with Gasteiger partial charge in [-0.05, 0) is 19.9 Å². The molecule has 2 atom stereocenters. The Hall–Kier alpha value is -0.270. The molecule has 0 bridgehead atoms. The number of hydrogen-bond donors (Lipinski definition) is 2. The van der Waals surface area contributed by atoms with E-state index in [1.54, 1.807) is 18.7 Å². The van der Waals surface area contributed by atoms with E-state index in [2.05, 4.69) is 5.32 Å². The van der Waals surface area contributed by atoms with Crippen molar-refractivity contribution in [2.24, 2.45) is 5.73 Å². The van der Waals surface area contributed by atoms with Crippen LogP contribution in [-0.4, -0.2) is 49.4 Å². The maximum atomic E-state index is 11.4. The van der Waals surface area contributed by atoms with Gasteiger partial charge in [0, 0.05) is 17.3 Å². The number of rotatable bonds is 9. The normalized spacial score (nSPS) is 17.1. The lowest BCUT2D eigenvalue weighted by molar-refractivity contribution is -0.124. The van der Waals surface area contributed by atoms with Gasteiger partial charge < -0.3 is 11.1 Å². The first-order valence-corrected chi connectivity index (χ1v) is 9.06. The predicted molar refractivity (Wildman–Crippen MR) is 77.5 cm³/mol. The van der Waals surface area contributed by atoms with E-state index in [-0.39, 0.29) is 16.9 Å². The number of hydrogen-bond acceptors (Lipinski definition) is 5. The molecule has 7 heteroatoms. The summed E-state index contributed by atoms with van der Waals surface area (Å²) in [7, 11) is -2.92. The predicted octanol–water partition coefficient (Wildman–Crippen LogP) is 0.396. The molecule has 0 aromatic heterocycles. The highest BCUT2D eigenvalue weighted by Crippen LogP contribution is 2.22. The maximum absolute atomic E-state index is 11.4. The molecule has 0 fully saturated rings. The summed E-state index contributed by atoms with van der Waals surface area (Å²) in [6.45, 7) is 6.35. The van der Waals surface area contributed by atoms with Crippen LogP contribution in [-0.2, 0) is 14.6 Å². The number of sulfone groups is 1. The molecule has 0 aliphatic heterocycles. The molecular weight excluding hydrogens is 272 g/mol. The number of nitrogens with one attached hydrogen (secondary N) is 1. The zero-order chi connectivity index (χ0) is 14.4. The van der Waals surface area contributed by atoms with Gasteiger partial charge in [0.1, 0.15) is 9.84 Å². The lowest BCUT2D eigenvalue weighted by atomic mass is 9.95. The molecule has 0 saturated carbocycles. The van der Waals surface area contributed by atoms with Crippen LogP contribution in [0.4, 0.5) is 0 Å². The Morgan fingerprint density at radius 1 is 1.50 bits per heavy atom. The minimum Gasteiger partial charge on any atom is -0.368 e. The Kier molecular flexibility index (Phi) is 7.24. The van der Waals surface area contributed by atoms with Crippen LogP contribution in [0.5, 0.6) is 0 Å². The van der Waals surface area contributed by atoms with Gasteiger partial charge in [-0.3, -0.25) is 4.79 Å². The van der Waals surface area contributed by atoms with Gasteiger partial charge >= 0.3 is 0 Å². The van der Waals surface area contributed by atoms with Gasteiger partial charge in [0.2, 0.25) is 5.91 Å². The molecule has 1 amide bonds. The van der Waals surface area contributed by atoms with Gasteiger partial charge in [0.25, 0.3) is 0 Å². The van der Waals surface area contributed by atoms with Crippen molar-refractivity contribution < 1.29 is 13.2 Å². The molecule has 108 valence electrons. The van der Waals surface area contributed by atoms with Gasteiger partial charge in [-0.1, -0.05) is 13.8 Å². The standard InChI is InChI=1S/C11H24N2O3S2/c1-5-13-11(3,10(12)14)8-9(2)17-6-7-18(4,15)16/h9,13H,5-8H2,1-4H3,(H2,12,14). The van der Waals surface area contributed by atoms with E-state index in [9.17, 15) is 13.2 Å². The molecule has 0 heterocycles.